The molecule has 1 heterocycles. The van der Waals surface area contributed by atoms with Crippen molar-refractivity contribution in [3.63, 3.8) is 0 Å². The Balaban J connectivity index is 2.21. The van der Waals surface area contributed by atoms with Gasteiger partial charge in [-0.3, -0.25) is 9.89 Å². The molecular formula is C11H9N3O3. The molecule has 86 valence electrons. The molecular weight excluding hydrogens is 222 g/mol. The molecule has 0 saturated carbocycles. The lowest BCUT2D eigenvalue weighted by Crippen LogP contribution is -2.16. The molecule has 2 aromatic rings. The maximum atomic E-state index is 11.8. The van der Waals surface area contributed by atoms with E-state index in [9.17, 15) is 9.59 Å². The second-order valence-electron chi connectivity index (χ2n) is 3.28. The summed E-state index contributed by atoms with van der Waals surface area (Å²) in [5.74, 6) is -1.73. The number of hydrogen-bond donors (Lipinski definition) is 3. The summed E-state index contributed by atoms with van der Waals surface area (Å²) in [7, 11) is 0. The topological polar surface area (TPSA) is 95.1 Å². The third-order valence-corrected chi connectivity index (χ3v) is 2.13. The molecule has 2 rings (SSSR count). The number of rotatable bonds is 3. The number of carboxylic acid groups (broad SMARTS) is 1. The standard InChI is InChI=1S/C11H9N3O3/c15-10(13-7-4-2-1-3-5-7)9-8(11(16)17)6-12-14-9/h1-6H,(H,12,14)(H,13,15)(H,16,17). The average Bonchev–Trinajstić information content (AvgIpc) is 2.79. The molecule has 0 fully saturated rings. The highest BCUT2D eigenvalue weighted by atomic mass is 16.4. The number of carbonyl (C=O) groups excluding carboxylic acids is 1. The first-order chi connectivity index (χ1) is 8.18. The van der Waals surface area contributed by atoms with E-state index < -0.39 is 11.9 Å². The molecule has 0 atom stereocenters. The second kappa shape index (κ2) is 4.48. The highest BCUT2D eigenvalue weighted by molar-refractivity contribution is 6.09. The van der Waals surface area contributed by atoms with E-state index in [-0.39, 0.29) is 11.3 Å². The first-order valence-electron chi connectivity index (χ1n) is 4.81. The summed E-state index contributed by atoms with van der Waals surface area (Å²) in [5.41, 5.74) is 0.364. The fourth-order valence-corrected chi connectivity index (χ4v) is 1.34. The van der Waals surface area contributed by atoms with Crippen LogP contribution in [0, 0.1) is 0 Å². The molecule has 0 spiro atoms. The molecule has 1 aromatic carbocycles. The maximum Gasteiger partial charge on any atom is 0.339 e. The summed E-state index contributed by atoms with van der Waals surface area (Å²) in [6, 6.07) is 8.75. The van der Waals surface area contributed by atoms with Crippen molar-refractivity contribution < 1.29 is 14.7 Å². The van der Waals surface area contributed by atoms with Gasteiger partial charge in [0.15, 0.2) is 0 Å². The number of carboxylic acids is 1. The van der Waals surface area contributed by atoms with E-state index in [1.807, 2.05) is 6.07 Å². The van der Waals surface area contributed by atoms with E-state index in [4.69, 9.17) is 5.11 Å². The zero-order valence-electron chi connectivity index (χ0n) is 8.68. The van der Waals surface area contributed by atoms with Crippen molar-refractivity contribution in [2.45, 2.75) is 0 Å². The Morgan fingerprint density at radius 3 is 2.59 bits per heavy atom. The molecule has 0 unspecified atom stereocenters. The zero-order chi connectivity index (χ0) is 12.3. The summed E-state index contributed by atoms with van der Waals surface area (Å²) < 4.78 is 0. The summed E-state index contributed by atoms with van der Waals surface area (Å²) in [6.45, 7) is 0. The Kier molecular flexibility index (Phi) is 2.87. The monoisotopic (exact) mass is 231 g/mol. The summed E-state index contributed by atoms with van der Waals surface area (Å²) in [5, 5.41) is 17.3. The molecule has 0 aliphatic heterocycles. The van der Waals surface area contributed by atoms with Crippen LogP contribution in [0.25, 0.3) is 0 Å². The van der Waals surface area contributed by atoms with Gasteiger partial charge in [-0.15, -0.1) is 0 Å². The van der Waals surface area contributed by atoms with Crippen molar-refractivity contribution in [3.8, 4) is 0 Å². The van der Waals surface area contributed by atoms with Crippen LogP contribution in [-0.4, -0.2) is 27.2 Å². The van der Waals surface area contributed by atoms with Crippen molar-refractivity contribution in [2.75, 3.05) is 5.32 Å². The van der Waals surface area contributed by atoms with Crippen LogP contribution in [-0.2, 0) is 0 Å². The van der Waals surface area contributed by atoms with Crippen LogP contribution in [0.5, 0.6) is 0 Å². The van der Waals surface area contributed by atoms with Crippen LogP contribution in [0.15, 0.2) is 36.5 Å². The third kappa shape index (κ3) is 2.31. The molecule has 0 radical (unpaired) electrons. The molecule has 0 aliphatic rings. The number of aromatic carboxylic acids is 1. The van der Waals surface area contributed by atoms with Crippen LogP contribution in [0.4, 0.5) is 5.69 Å². The number of hydrogen-bond acceptors (Lipinski definition) is 3. The number of H-pyrrole nitrogens is 1. The first-order valence-corrected chi connectivity index (χ1v) is 4.81. The molecule has 1 aromatic heterocycles. The van der Waals surface area contributed by atoms with Gasteiger partial charge in [0.2, 0.25) is 0 Å². The quantitative estimate of drug-likeness (QED) is 0.743. The normalized spacial score (nSPS) is 9.88. The summed E-state index contributed by atoms with van der Waals surface area (Å²) in [4.78, 5) is 22.6. The molecule has 0 bridgehead atoms. The van der Waals surface area contributed by atoms with Gasteiger partial charge in [0.05, 0.1) is 6.20 Å². The number of nitrogens with zero attached hydrogens (tertiary/aromatic N) is 1. The van der Waals surface area contributed by atoms with Gasteiger partial charge in [0, 0.05) is 5.69 Å². The number of anilines is 1. The smallest absolute Gasteiger partial charge is 0.339 e. The average molecular weight is 231 g/mol. The highest BCUT2D eigenvalue weighted by Crippen LogP contribution is 2.10. The fourth-order valence-electron chi connectivity index (χ4n) is 1.34. The van der Waals surface area contributed by atoms with E-state index in [1.54, 1.807) is 24.3 Å². The van der Waals surface area contributed by atoms with Crippen LogP contribution >= 0.6 is 0 Å². The van der Waals surface area contributed by atoms with Crippen LogP contribution < -0.4 is 5.32 Å². The molecule has 0 saturated heterocycles. The van der Waals surface area contributed by atoms with E-state index >= 15 is 0 Å². The van der Waals surface area contributed by atoms with Crippen LogP contribution in [0.1, 0.15) is 20.8 Å². The van der Waals surface area contributed by atoms with Crippen molar-refractivity contribution in [1.82, 2.24) is 10.2 Å². The van der Waals surface area contributed by atoms with Gasteiger partial charge >= 0.3 is 5.97 Å². The van der Waals surface area contributed by atoms with Gasteiger partial charge in [-0.25, -0.2) is 4.79 Å². The SMILES string of the molecule is O=C(O)c1cn[nH]c1C(=O)Nc1ccccc1. The molecule has 3 N–H and O–H groups in total. The van der Waals surface area contributed by atoms with Crippen LogP contribution in [0.2, 0.25) is 0 Å². The largest absolute Gasteiger partial charge is 0.478 e. The van der Waals surface area contributed by atoms with Crippen LogP contribution in [0.3, 0.4) is 0 Å². The predicted octanol–water partition coefficient (Wildman–Crippen LogP) is 1.36. The van der Waals surface area contributed by atoms with E-state index in [0.717, 1.165) is 6.20 Å². The number of aromatic amines is 1. The minimum absolute atomic E-state index is 0.0682. The number of aromatic nitrogens is 2. The van der Waals surface area contributed by atoms with Gasteiger partial charge in [-0.1, -0.05) is 18.2 Å². The molecule has 17 heavy (non-hydrogen) atoms. The number of amides is 1. The Morgan fingerprint density at radius 1 is 1.24 bits per heavy atom. The molecule has 6 heteroatoms. The molecule has 0 aliphatic carbocycles. The Hall–Kier alpha value is -2.63. The fraction of sp³-hybridized carbons (Fsp3) is 0. The van der Waals surface area contributed by atoms with E-state index in [2.05, 4.69) is 15.5 Å². The molecule has 1 amide bonds. The number of carbonyl (C=O) groups is 2. The van der Waals surface area contributed by atoms with Gasteiger partial charge in [-0.05, 0) is 12.1 Å². The lowest BCUT2D eigenvalue weighted by Gasteiger charge is -2.03. The molecule has 6 nitrogen and oxygen atoms in total. The van der Waals surface area contributed by atoms with Crippen molar-refractivity contribution >= 4 is 17.6 Å². The van der Waals surface area contributed by atoms with Gasteiger partial charge in [-0.2, -0.15) is 5.10 Å². The van der Waals surface area contributed by atoms with Gasteiger partial charge < -0.3 is 10.4 Å². The third-order valence-electron chi connectivity index (χ3n) is 2.13. The number of para-hydroxylation sites is 1. The lowest BCUT2D eigenvalue weighted by molar-refractivity contribution is 0.0692. The number of benzene rings is 1. The van der Waals surface area contributed by atoms with E-state index in [1.165, 1.54) is 0 Å². The van der Waals surface area contributed by atoms with Crippen molar-refractivity contribution in [3.05, 3.63) is 47.8 Å². The van der Waals surface area contributed by atoms with Gasteiger partial charge in [0.25, 0.3) is 5.91 Å². The van der Waals surface area contributed by atoms with Gasteiger partial charge in [0.1, 0.15) is 11.3 Å². The zero-order valence-corrected chi connectivity index (χ0v) is 8.68. The second-order valence-corrected chi connectivity index (χ2v) is 3.28. The van der Waals surface area contributed by atoms with Crippen molar-refractivity contribution in [2.24, 2.45) is 0 Å². The minimum atomic E-state index is -1.20. The minimum Gasteiger partial charge on any atom is -0.478 e. The Bertz CT molecular complexity index is 548. The maximum absolute atomic E-state index is 11.8. The number of nitrogens with one attached hydrogen (secondary N) is 2. The summed E-state index contributed by atoms with van der Waals surface area (Å²) in [6.07, 6.45) is 1.10. The predicted molar refractivity (Wildman–Crippen MR) is 59.9 cm³/mol. The van der Waals surface area contributed by atoms with Crippen molar-refractivity contribution in [1.29, 1.82) is 0 Å². The lowest BCUT2D eigenvalue weighted by atomic mass is 10.2. The Labute approximate surface area is 96.3 Å². The first kappa shape index (κ1) is 10.9. The highest BCUT2D eigenvalue weighted by Gasteiger charge is 2.18. The Morgan fingerprint density at radius 2 is 1.94 bits per heavy atom. The summed E-state index contributed by atoms with van der Waals surface area (Å²) >= 11 is 0. The van der Waals surface area contributed by atoms with E-state index in [0.29, 0.717) is 5.69 Å².